The number of rotatable bonds is 12. The minimum Gasteiger partial charge on any atom is -0.389 e. The van der Waals surface area contributed by atoms with Crippen LogP contribution in [0.5, 0.6) is 0 Å². The molecule has 2 N–H and O–H groups in total. The summed E-state index contributed by atoms with van der Waals surface area (Å²) in [6.07, 6.45) is 1.64. The molecule has 0 bridgehead atoms. The fourth-order valence-electron chi connectivity index (χ4n) is 3.55. The summed E-state index contributed by atoms with van der Waals surface area (Å²) in [5.41, 5.74) is -0.791. The van der Waals surface area contributed by atoms with Gasteiger partial charge in [0.1, 0.15) is 18.8 Å². The molecule has 1 aromatic heterocycles. The van der Waals surface area contributed by atoms with Gasteiger partial charge in [-0.2, -0.15) is 4.98 Å². The van der Waals surface area contributed by atoms with Gasteiger partial charge in [0.15, 0.2) is 23.6 Å². The van der Waals surface area contributed by atoms with Gasteiger partial charge in [0.2, 0.25) is 5.91 Å². The first kappa shape index (κ1) is 25.1. The number of hydrogen-bond acceptors (Lipinski definition) is 8. The molecule has 4 atom stereocenters. The smallest absolute Gasteiger partial charge is 0.351 e. The van der Waals surface area contributed by atoms with E-state index >= 15 is 0 Å². The SMILES string of the molecule is CO[C@@H]1[C@H](OC)[C@@H](C)O[C@H]1n1cc(F)c(NC(=O)CCCCCCC(=O)CO)nc1=O. The van der Waals surface area contributed by atoms with Gasteiger partial charge in [0.25, 0.3) is 0 Å². The summed E-state index contributed by atoms with van der Waals surface area (Å²) in [6.45, 7) is 1.30. The van der Waals surface area contributed by atoms with E-state index in [0.29, 0.717) is 25.7 Å². The normalized spacial score (nSPS) is 23.1. The molecule has 1 aliphatic rings. The zero-order chi connectivity index (χ0) is 23.0. The zero-order valence-corrected chi connectivity index (χ0v) is 18.0. The lowest BCUT2D eigenvalue weighted by Gasteiger charge is -2.22. The maximum absolute atomic E-state index is 14.5. The number of nitrogens with zero attached hydrogens (tertiary/aromatic N) is 2. The molecular formula is C20H30FN3O7. The van der Waals surface area contributed by atoms with Crippen LogP contribution in [0.1, 0.15) is 51.7 Å². The molecule has 0 spiro atoms. The van der Waals surface area contributed by atoms with E-state index in [-0.39, 0.29) is 18.3 Å². The number of nitrogens with one attached hydrogen (secondary N) is 1. The van der Waals surface area contributed by atoms with Gasteiger partial charge in [-0.3, -0.25) is 14.2 Å². The van der Waals surface area contributed by atoms with E-state index in [1.54, 1.807) is 6.92 Å². The number of aromatic nitrogens is 2. The Morgan fingerprint density at radius 1 is 1.19 bits per heavy atom. The first-order valence-electron chi connectivity index (χ1n) is 10.2. The maximum Gasteiger partial charge on any atom is 0.351 e. The van der Waals surface area contributed by atoms with Crippen LogP contribution >= 0.6 is 0 Å². The van der Waals surface area contributed by atoms with E-state index in [1.807, 2.05) is 0 Å². The minimum atomic E-state index is -0.915. The molecule has 1 aromatic rings. The number of halogens is 1. The molecule has 0 aromatic carbocycles. The van der Waals surface area contributed by atoms with E-state index < -0.39 is 48.3 Å². The van der Waals surface area contributed by atoms with Crippen LogP contribution in [0.25, 0.3) is 0 Å². The van der Waals surface area contributed by atoms with Crippen molar-refractivity contribution >= 4 is 17.5 Å². The van der Waals surface area contributed by atoms with Crippen molar-refractivity contribution in [2.75, 3.05) is 26.1 Å². The summed E-state index contributed by atoms with van der Waals surface area (Å²) in [5.74, 6) is -1.98. The monoisotopic (exact) mass is 443 g/mol. The molecule has 1 saturated heterocycles. The second-order valence-electron chi connectivity index (χ2n) is 7.42. The number of methoxy groups -OCH3 is 2. The quantitative estimate of drug-likeness (QED) is 0.461. The molecule has 2 rings (SSSR count). The minimum absolute atomic E-state index is 0.128. The Morgan fingerprint density at radius 2 is 1.84 bits per heavy atom. The van der Waals surface area contributed by atoms with Crippen molar-refractivity contribution in [3.8, 4) is 0 Å². The lowest BCUT2D eigenvalue weighted by Crippen LogP contribution is -2.38. The molecule has 0 radical (unpaired) electrons. The number of aliphatic hydroxyl groups is 1. The average molecular weight is 443 g/mol. The Balaban J connectivity index is 1.93. The van der Waals surface area contributed by atoms with Crippen molar-refractivity contribution in [2.24, 2.45) is 0 Å². The third-order valence-electron chi connectivity index (χ3n) is 5.19. The third kappa shape index (κ3) is 6.63. The van der Waals surface area contributed by atoms with Gasteiger partial charge in [-0.1, -0.05) is 12.8 Å². The summed E-state index contributed by atoms with van der Waals surface area (Å²) in [4.78, 5) is 39.2. The number of carbonyl (C=O) groups excluding carboxylic acids is 2. The average Bonchev–Trinajstić information content (AvgIpc) is 3.07. The second-order valence-corrected chi connectivity index (χ2v) is 7.42. The van der Waals surface area contributed by atoms with Crippen molar-refractivity contribution in [2.45, 2.75) is 70.0 Å². The summed E-state index contributed by atoms with van der Waals surface area (Å²) in [5, 5.41) is 11.0. The fraction of sp³-hybridized carbons (Fsp3) is 0.700. The van der Waals surface area contributed by atoms with Crippen molar-refractivity contribution in [3.63, 3.8) is 0 Å². The van der Waals surface area contributed by atoms with E-state index in [4.69, 9.17) is 19.3 Å². The van der Waals surface area contributed by atoms with Gasteiger partial charge in [0.05, 0.1) is 12.3 Å². The molecule has 0 saturated carbocycles. The van der Waals surface area contributed by atoms with Crippen molar-refractivity contribution in [1.82, 2.24) is 9.55 Å². The highest BCUT2D eigenvalue weighted by atomic mass is 19.1. The second kappa shape index (κ2) is 12.0. The van der Waals surface area contributed by atoms with Crippen molar-refractivity contribution in [3.05, 3.63) is 22.5 Å². The predicted octanol–water partition coefficient (Wildman–Crippen LogP) is 1.17. The highest BCUT2D eigenvalue weighted by molar-refractivity contribution is 5.89. The van der Waals surface area contributed by atoms with Crippen LogP contribution in [0, 0.1) is 5.82 Å². The molecule has 2 heterocycles. The van der Waals surface area contributed by atoms with Gasteiger partial charge in [-0.25, -0.2) is 9.18 Å². The molecule has 1 aliphatic heterocycles. The lowest BCUT2D eigenvalue weighted by molar-refractivity contribution is -0.122. The fourth-order valence-corrected chi connectivity index (χ4v) is 3.55. The number of anilines is 1. The van der Waals surface area contributed by atoms with E-state index in [2.05, 4.69) is 10.3 Å². The van der Waals surface area contributed by atoms with Gasteiger partial charge < -0.3 is 24.6 Å². The summed E-state index contributed by atoms with van der Waals surface area (Å²) in [6, 6.07) is 0. The highest BCUT2D eigenvalue weighted by Gasteiger charge is 2.44. The lowest BCUT2D eigenvalue weighted by atomic mass is 10.1. The molecule has 0 aliphatic carbocycles. The third-order valence-corrected chi connectivity index (χ3v) is 5.19. The maximum atomic E-state index is 14.5. The Hall–Kier alpha value is -2.21. The van der Waals surface area contributed by atoms with Crippen molar-refractivity contribution in [1.29, 1.82) is 0 Å². The summed E-state index contributed by atoms with van der Waals surface area (Å²) < 4.78 is 31.9. The van der Waals surface area contributed by atoms with Crippen LogP contribution in [0.4, 0.5) is 10.2 Å². The largest absolute Gasteiger partial charge is 0.389 e. The van der Waals surface area contributed by atoms with E-state index in [9.17, 15) is 18.8 Å². The number of ketones is 1. The Morgan fingerprint density at radius 3 is 2.45 bits per heavy atom. The van der Waals surface area contributed by atoms with Crippen LogP contribution in [0.15, 0.2) is 11.0 Å². The Bertz CT molecular complexity index is 816. The number of carbonyl (C=O) groups is 2. The topological polar surface area (TPSA) is 129 Å². The first-order valence-corrected chi connectivity index (χ1v) is 10.2. The predicted molar refractivity (Wildman–Crippen MR) is 108 cm³/mol. The Labute approximate surface area is 179 Å². The number of unbranched alkanes of at least 4 members (excludes halogenated alkanes) is 3. The highest BCUT2D eigenvalue weighted by Crippen LogP contribution is 2.32. The number of hydrogen-bond donors (Lipinski definition) is 2. The number of amides is 1. The van der Waals surface area contributed by atoms with Crippen LogP contribution < -0.4 is 11.0 Å². The van der Waals surface area contributed by atoms with Gasteiger partial charge >= 0.3 is 5.69 Å². The van der Waals surface area contributed by atoms with Crippen molar-refractivity contribution < 1.29 is 33.3 Å². The molecule has 31 heavy (non-hydrogen) atoms. The summed E-state index contributed by atoms with van der Waals surface area (Å²) in [7, 11) is 2.94. The van der Waals surface area contributed by atoms with Gasteiger partial charge in [0, 0.05) is 27.1 Å². The molecule has 174 valence electrons. The number of ether oxygens (including phenoxy) is 3. The molecule has 10 nitrogen and oxygen atoms in total. The first-order chi connectivity index (χ1) is 14.8. The van der Waals surface area contributed by atoms with E-state index in [1.165, 1.54) is 14.2 Å². The Kier molecular flexibility index (Phi) is 9.69. The molecule has 11 heteroatoms. The van der Waals surface area contributed by atoms with Crippen LogP contribution in [-0.2, 0) is 23.8 Å². The van der Waals surface area contributed by atoms with Crippen LogP contribution in [0.2, 0.25) is 0 Å². The van der Waals surface area contributed by atoms with Gasteiger partial charge in [-0.05, 0) is 19.8 Å². The van der Waals surface area contributed by atoms with Crippen LogP contribution in [-0.4, -0.2) is 65.5 Å². The molecule has 0 unspecified atom stereocenters. The number of aliphatic hydroxyl groups excluding tert-OH is 1. The molecule has 1 fully saturated rings. The molecular weight excluding hydrogens is 413 g/mol. The van der Waals surface area contributed by atoms with Gasteiger partial charge in [-0.15, -0.1) is 0 Å². The number of Topliss-reactive ketones (excluding diaryl/α,β-unsaturated/α-hetero) is 1. The zero-order valence-electron chi connectivity index (χ0n) is 18.0. The standard InChI is InChI=1S/C20H30FN3O7/c1-12-16(29-2)17(30-3)19(31-12)24-10-14(21)18(23-20(24)28)22-15(27)9-7-5-4-6-8-13(26)11-25/h10,12,16-17,19,25H,4-9,11H2,1-3H3,(H,22,23,27,28)/t12-,16-,17-,19-/m1/s1. The van der Waals surface area contributed by atoms with E-state index in [0.717, 1.165) is 17.2 Å². The van der Waals surface area contributed by atoms with Crippen LogP contribution in [0.3, 0.4) is 0 Å². The summed E-state index contributed by atoms with van der Waals surface area (Å²) >= 11 is 0. The molecule has 1 amide bonds.